The number of para-hydroxylation sites is 2. The summed E-state index contributed by atoms with van der Waals surface area (Å²) in [6, 6.07) is 13.7. The van der Waals surface area contributed by atoms with Crippen LogP contribution < -0.4 is 4.90 Å². The summed E-state index contributed by atoms with van der Waals surface area (Å²) in [7, 11) is 0. The highest BCUT2D eigenvalue weighted by Crippen LogP contribution is 2.41. The summed E-state index contributed by atoms with van der Waals surface area (Å²) >= 11 is 3.22. The maximum atomic E-state index is 12.9. The van der Waals surface area contributed by atoms with Gasteiger partial charge in [0.15, 0.2) is 4.34 Å². The van der Waals surface area contributed by atoms with E-state index in [2.05, 4.69) is 9.97 Å². The highest BCUT2D eigenvalue weighted by Gasteiger charge is 2.48. The number of imide groups is 1. The van der Waals surface area contributed by atoms with E-state index in [4.69, 9.17) is 4.98 Å². The average molecular weight is 449 g/mol. The van der Waals surface area contributed by atoms with Crippen LogP contribution in [0.15, 0.2) is 46.8 Å². The number of carbonyl (C=O) groups excluding carboxylic acids is 2. The van der Waals surface area contributed by atoms with Crippen molar-refractivity contribution in [3.8, 4) is 0 Å². The average Bonchev–Trinajstić information content (AvgIpc) is 3.46. The van der Waals surface area contributed by atoms with E-state index in [1.54, 1.807) is 23.1 Å². The minimum atomic E-state index is -0.131. The number of carbonyl (C=O) groups is 2. The number of hydrogen-bond donors (Lipinski definition) is 1. The molecule has 0 radical (unpaired) electrons. The fourth-order valence-corrected chi connectivity index (χ4v) is 6.69. The van der Waals surface area contributed by atoms with Gasteiger partial charge in [0, 0.05) is 0 Å². The van der Waals surface area contributed by atoms with Crippen molar-refractivity contribution in [3.63, 3.8) is 0 Å². The first kappa shape index (κ1) is 19.0. The number of aromatic nitrogens is 3. The largest absolute Gasteiger partial charge is 0.341 e. The van der Waals surface area contributed by atoms with Crippen LogP contribution in [0.3, 0.4) is 0 Å². The molecule has 1 saturated heterocycles. The van der Waals surface area contributed by atoms with Crippen LogP contribution in [0.5, 0.6) is 0 Å². The lowest BCUT2D eigenvalue weighted by molar-refractivity contribution is -0.122. The van der Waals surface area contributed by atoms with E-state index in [0.717, 1.165) is 57.1 Å². The van der Waals surface area contributed by atoms with Crippen LogP contribution >= 0.6 is 23.1 Å². The van der Waals surface area contributed by atoms with Gasteiger partial charge < -0.3 is 4.98 Å². The first-order valence-corrected chi connectivity index (χ1v) is 12.3. The molecular formula is C23H20N4O2S2. The van der Waals surface area contributed by atoms with E-state index in [0.29, 0.717) is 11.4 Å². The summed E-state index contributed by atoms with van der Waals surface area (Å²) in [5.74, 6) is 1.30. The van der Waals surface area contributed by atoms with Crippen molar-refractivity contribution in [2.45, 2.75) is 35.8 Å². The van der Waals surface area contributed by atoms with Crippen molar-refractivity contribution >= 4 is 61.9 Å². The van der Waals surface area contributed by atoms with Gasteiger partial charge in [-0.1, -0.05) is 36.7 Å². The number of aromatic amines is 1. The van der Waals surface area contributed by atoms with Gasteiger partial charge in [0.1, 0.15) is 5.82 Å². The zero-order valence-corrected chi connectivity index (χ0v) is 18.3. The van der Waals surface area contributed by atoms with Crippen molar-refractivity contribution < 1.29 is 9.59 Å². The van der Waals surface area contributed by atoms with Crippen LogP contribution in [0.2, 0.25) is 0 Å². The van der Waals surface area contributed by atoms with Crippen molar-refractivity contribution in [1.82, 2.24) is 15.0 Å². The second-order valence-corrected chi connectivity index (χ2v) is 10.4. The molecule has 0 bridgehead atoms. The number of imidazole rings is 1. The smallest absolute Gasteiger partial charge is 0.237 e. The molecule has 2 aromatic carbocycles. The van der Waals surface area contributed by atoms with E-state index in [1.807, 2.05) is 42.5 Å². The summed E-state index contributed by atoms with van der Waals surface area (Å²) in [6.45, 7) is 0. The Morgan fingerprint density at radius 2 is 1.77 bits per heavy atom. The third-order valence-electron chi connectivity index (χ3n) is 6.22. The number of hydrogen-bond acceptors (Lipinski definition) is 6. The topological polar surface area (TPSA) is 79.0 Å². The molecule has 1 saturated carbocycles. The standard InChI is InChI=1S/C23H20N4O2S2/c28-21-14-5-1-2-6-15(14)22(29)27(21)13-9-10-18-19(11-13)31-23(26-18)30-12-20-24-16-7-3-4-8-17(16)25-20/h3-4,7-11,14-15H,1-2,5-6,12H2,(H,24,25)/t14-,15-/m1/s1. The van der Waals surface area contributed by atoms with E-state index in [1.165, 1.54) is 4.90 Å². The van der Waals surface area contributed by atoms with E-state index in [-0.39, 0.29) is 23.7 Å². The van der Waals surface area contributed by atoms with Crippen LogP contribution in [-0.2, 0) is 15.3 Å². The van der Waals surface area contributed by atoms with Crippen molar-refractivity contribution in [1.29, 1.82) is 0 Å². The SMILES string of the molecule is O=C1[C@@H]2CCCC[C@H]2C(=O)N1c1ccc2nc(SCc3nc4ccccc4[nH]3)sc2c1. The fraction of sp³-hybridized carbons (Fsp3) is 0.304. The number of thioether (sulfide) groups is 1. The minimum Gasteiger partial charge on any atom is -0.341 e. The number of anilines is 1. The van der Waals surface area contributed by atoms with Gasteiger partial charge >= 0.3 is 0 Å². The van der Waals surface area contributed by atoms with Crippen LogP contribution in [-0.4, -0.2) is 26.8 Å². The Kier molecular flexibility index (Phi) is 4.57. The Morgan fingerprint density at radius 3 is 2.55 bits per heavy atom. The third-order valence-corrected chi connectivity index (χ3v) is 8.39. The first-order valence-electron chi connectivity index (χ1n) is 10.5. The highest BCUT2D eigenvalue weighted by molar-refractivity contribution is 8.00. The summed E-state index contributed by atoms with van der Waals surface area (Å²) in [4.78, 5) is 39.9. The number of thiazole rings is 1. The molecule has 31 heavy (non-hydrogen) atoms. The van der Waals surface area contributed by atoms with Gasteiger partial charge in [-0.3, -0.25) is 14.5 Å². The quantitative estimate of drug-likeness (QED) is 0.345. The number of H-pyrrole nitrogens is 1. The van der Waals surface area contributed by atoms with Gasteiger partial charge in [0.05, 0.1) is 44.5 Å². The molecule has 156 valence electrons. The zero-order valence-electron chi connectivity index (χ0n) is 16.7. The molecule has 4 aromatic rings. The molecule has 6 rings (SSSR count). The summed E-state index contributed by atoms with van der Waals surface area (Å²) in [6.07, 6.45) is 3.73. The van der Waals surface area contributed by atoms with Crippen molar-refractivity contribution in [2.24, 2.45) is 11.8 Å². The molecule has 1 aliphatic heterocycles. The second kappa shape index (κ2) is 7.46. The predicted octanol–water partition coefficient (Wildman–Crippen LogP) is 5.14. The lowest BCUT2D eigenvalue weighted by atomic mass is 9.81. The van der Waals surface area contributed by atoms with E-state index in [9.17, 15) is 9.59 Å². The molecule has 2 aromatic heterocycles. The van der Waals surface area contributed by atoms with Crippen LogP contribution in [0, 0.1) is 11.8 Å². The number of nitrogens with zero attached hydrogens (tertiary/aromatic N) is 3. The van der Waals surface area contributed by atoms with Gasteiger partial charge in [-0.2, -0.15) is 0 Å². The number of nitrogens with one attached hydrogen (secondary N) is 1. The molecular weight excluding hydrogens is 428 g/mol. The molecule has 1 N–H and O–H groups in total. The van der Waals surface area contributed by atoms with Gasteiger partial charge in [-0.15, -0.1) is 11.3 Å². The van der Waals surface area contributed by atoms with Crippen molar-refractivity contribution in [3.05, 3.63) is 48.3 Å². The Balaban J connectivity index is 1.24. The normalized spacial score (nSPS) is 21.4. The highest BCUT2D eigenvalue weighted by atomic mass is 32.2. The molecule has 0 unspecified atom stereocenters. The predicted molar refractivity (Wildman–Crippen MR) is 123 cm³/mol. The molecule has 8 heteroatoms. The summed E-state index contributed by atoms with van der Waals surface area (Å²) in [5, 5.41) is 0. The fourth-order valence-electron chi connectivity index (χ4n) is 4.71. The molecule has 2 fully saturated rings. The van der Waals surface area contributed by atoms with Gasteiger partial charge in [-0.25, -0.2) is 9.97 Å². The summed E-state index contributed by atoms with van der Waals surface area (Å²) < 4.78 is 1.93. The van der Waals surface area contributed by atoms with Crippen LogP contribution in [0.4, 0.5) is 5.69 Å². The van der Waals surface area contributed by atoms with Gasteiger partial charge in [0.2, 0.25) is 11.8 Å². The first-order chi connectivity index (χ1) is 15.2. The van der Waals surface area contributed by atoms with Crippen LogP contribution in [0.25, 0.3) is 21.3 Å². The third kappa shape index (κ3) is 3.25. The molecule has 6 nitrogen and oxygen atoms in total. The number of benzene rings is 2. The maximum Gasteiger partial charge on any atom is 0.237 e. The lowest BCUT2D eigenvalue weighted by Crippen LogP contribution is -2.30. The molecule has 2 atom stereocenters. The number of amides is 2. The summed E-state index contributed by atoms with van der Waals surface area (Å²) in [5.41, 5.74) is 3.56. The Labute approximate surface area is 187 Å². The number of fused-ring (bicyclic) bond motifs is 3. The zero-order chi connectivity index (χ0) is 20.9. The van der Waals surface area contributed by atoms with Crippen molar-refractivity contribution in [2.75, 3.05) is 4.90 Å². The second-order valence-electron chi connectivity index (χ2n) is 8.13. The molecule has 3 heterocycles. The Hall–Kier alpha value is -2.71. The van der Waals surface area contributed by atoms with Gasteiger partial charge in [0.25, 0.3) is 0 Å². The number of rotatable bonds is 4. The van der Waals surface area contributed by atoms with Gasteiger partial charge in [-0.05, 0) is 43.2 Å². The molecule has 2 amide bonds. The minimum absolute atomic E-state index is 0.0296. The van der Waals surface area contributed by atoms with E-state index >= 15 is 0 Å². The Bertz CT molecular complexity index is 1270. The van der Waals surface area contributed by atoms with E-state index < -0.39 is 0 Å². The maximum absolute atomic E-state index is 12.9. The lowest BCUT2D eigenvalue weighted by Gasteiger charge is -2.19. The molecule has 0 spiro atoms. The molecule has 2 aliphatic rings. The van der Waals surface area contributed by atoms with Crippen LogP contribution in [0.1, 0.15) is 31.5 Å². The monoisotopic (exact) mass is 448 g/mol. The molecule has 1 aliphatic carbocycles. The Morgan fingerprint density at radius 1 is 1.00 bits per heavy atom.